The van der Waals surface area contributed by atoms with E-state index in [9.17, 15) is 15.0 Å². The van der Waals surface area contributed by atoms with Gasteiger partial charge in [-0.15, -0.1) is 0 Å². The van der Waals surface area contributed by atoms with Gasteiger partial charge in [0.1, 0.15) is 6.10 Å². The van der Waals surface area contributed by atoms with Gasteiger partial charge < -0.3 is 19.7 Å². The third kappa shape index (κ3) is 5.86. The van der Waals surface area contributed by atoms with Crippen molar-refractivity contribution in [1.82, 2.24) is 0 Å². The molecule has 164 valence electrons. The fourth-order valence-electron chi connectivity index (χ4n) is 4.62. The number of carboxylic acid groups (broad SMARTS) is 1. The van der Waals surface area contributed by atoms with E-state index in [0.717, 1.165) is 31.2 Å². The molecule has 0 amide bonds. The molecular weight excluding hydrogens is 392 g/mol. The van der Waals surface area contributed by atoms with E-state index in [1.54, 1.807) is 0 Å². The molecule has 1 heterocycles. The highest BCUT2D eigenvalue weighted by atomic mass is 16.7. The highest BCUT2D eigenvalue weighted by Crippen LogP contribution is 2.34. The van der Waals surface area contributed by atoms with Crippen LogP contribution in [0.15, 0.2) is 42.5 Å². The summed E-state index contributed by atoms with van der Waals surface area (Å²) in [6.07, 6.45) is 3.70. The Balaban J connectivity index is 1.52. The second kappa shape index (κ2) is 10.3. The number of benzene rings is 2. The molecule has 4 rings (SSSR count). The zero-order valence-electron chi connectivity index (χ0n) is 17.7. The van der Waals surface area contributed by atoms with Crippen LogP contribution in [0.3, 0.4) is 0 Å². The lowest BCUT2D eigenvalue weighted by molar-refractivity contribution is -0.176. The van der Waals surface area contributed by atoms with Crippen molar-refractivity contribution in [3.8, 4) is 11.8 Å². The largest absolute Gasteiger partial charge is 0.481 e. The van der Waals surface area contributed by atoms with Gasteiger partial charge in [0.25, 0.3) is 0 Å². The van der Waals surface area contributed by atoms with Crippen molar-refractivity contribution in [2.45, 2.75) is 63.4 Å². The highest BCUT2D eigenvalue weighted by Gasteiger charge is 2.35. The Morgan fingerprint density at radius 2 is 1.97 bits per heavy atom. The Morgan fingerprint density at radius 3 is 2.74 bits per heavy atom. The summed E-state index contributed by atoms with van der Waals surface area (Å²) < 4.78 is 12.0. The van der Waals surface area contributed by atoms with Crippen LogP contribution in [-0.4, -0.2) is 41.3 Å². The van der Waals surface area contributed by atoms with E-state index < -0.39 is 12.1 Å². The number of fused-ring (bicyclic) bond motifs is 1. The first-order valence-corrected chi connectivity index (χ1v) is 11.2. The van der Waals surface area contributed by atoms with Gasteiger partial charge in [0, 0.05) is 24.9 Å². The van der Waals surface area contributed by atoms with Crippen molar-refractivity contribution in [3.63, 3.8) is 0 Å². The summed E-state index contributed by atoms with van der Waals surface area (Å²) in [5.41, 5.74) is 1.14. The number of ether oxygens (including phenoxy) is 2. The summed E-state index contributed by atoms with van der Waals surface area (Å²) in [6, 6.07) is 14.6. The summed E-state index contributed by atoms with van der Waals surface area (Å²) >= 11 is 0. The van der Waals surface area contributed by atoms with Crippen molar-refractivity contribution in [2.75, 3.05) is 6.61 Å². The highest BCUT2D eigenvalue weighted by molar-refractivity contribution is 5.83. The van der Waals surface area contributed by atoms with E-state index in [-0.39, 0.29) is 30.7 Å². The fraction of sp³-hybridized carbons (Fsp3) is 0.500. The average molecular weight is 423 g/mol. The summed E-state index contributed by atoms with van der Waals surface area (Å²) in [7, 11) is 0. The summed E-state index contributed by atoms with van der Waals surface area (Å²) in [6.45, 7) is 0.705. The monoisotopic (exact) mass is 422 g/mol. The minimum Gasteiger partial charge on any atom is -0.481 e. The van der Waals surface area contributed by atoms with Crippen LogP contribution >= 0.6 is 0 Å². The molecule has 0 bridgehead atoms. The van der Waals surface area contributed by atoms with Crippen LogP contribution in [0.2, 0.25) is 0 Å². The molecule has 5 heteroatoms. The Kier molecular flexibility index (Phi) is 7.24. The number of aliphatic hydroxyl groups is 1. The molecule has 0 spiro atoms. The van der Waals surface area contributed by atoms with Crippen molar-refractivity contribution < 1.29 is 24.5 Å². The first-order valence-electron chi connectivity index (χ1n) is 11.2. The lowest BCUT2D eigenvalue weighted by Crippen LogP contribution is -2.28. The number of carboxylic acids is 1. The minimum absolute atomic E-state index is 0.0531. The van der Waals surface area contributed by atoms with Gasteiger partial charge in [-0.1, -0.05) is 54.3 Å². The van der Waals surface area contributed by atoms with Crippen LogP contribution in [0.1, 0.15) is 44.1 Å². The lowest BCUT2D eigenvalue weighted by Gasteiger charge is -2.26. The SMILES string of the molecule is O=C(O)CC1C(O)CCC1C#CC(Cc1ccc2ccccc2c1)OC1CCCCO1. The molecule has 1 saturated carbocycles. The first-order chi connectivity index (χ1) is 15.1. The van der Waals surface area contributed by atoms with E-state index in [2.05, 4.69) is 42.2 Å². The Bertz CT molecular complexity index is 953. The molecule has 2 fully saturated rings. The maximum Gasteiger partial charge on any atom is 0.303 e. The number of aliphatic carboxylic acids is 1. The molecule has 2 aromatic carbocycles. The second-order valence-corrected chi connectivity index (χ2v) is 8.61. The van der Waals surface area contributed by atoms with Crippen LogP contribution in [0, 0.1) is 23.7 Å². The zero-order chi connectivity index (χ0) is 21.6. The number of hydrogen-bond acceptors (Lipinski definition) is 4. The average Bonchev–Trinajstić information content (AvgIpc) is 3.11. The number of aliphatic hydroxyl groups excluding tert-OH is 1. The molecule has 2 aromatic rings. The van der Waals surface area contributed by atoms with Crippen LogP contribution in [0.25, 0.3) is 10.8 Å². The predicted octanol–water partition coefficient (Wildman–Crippen LogP) is 4.16. The Morgan fingerprint density at radius 1 is 1.13 bits per heavy atom. The van der Waals surface area contributed by atoms with Gasteiger partial charge in [0.2, 0.25) is 0 Å². The normalized spacial score (nSPS) is 26.9. The smallest absolute Gasteiger partial charge is 0.303 e. The fourth-order valence-corrected chi connectivity index (χ4v) is 4.62. The molecule has 0 aromatic heterocycles. The maximum absolute atomic E-state index is 11.2. The molecular formula is C26H30O5. The van der Waals surface area contributed by atoms with Crippen molar-refractivity contribution in [1.29, 1.82) is 0 Å². The van der Waals surface area contributed by atoms with Gasteiger partial charge in [-0.05, 0) is 48.4 Å². The topological polar surface area (TPSA) is 76.0 Å². The third-order valence-corrected chi connectivity index (χ3v) is 6.31. The van der Waals surface area contributed by atoms with Gasteiger partial charge in [-0.2, -0.15) is 0 Å². The van der Waals surface area contributed by atoms with E-state index >= 15 is 0 Å². The van der Waals surface area contributed by atoms with Crippen molar-refractivity contribution in [3.05, 3.63) is 48.0 Å². The summed E-state index contributed by atoms with van der Waals surface area (Å²) in [5.74, 6) is 5.20. The standard InChI is InChI=1S/C26H30O5/c27-24-13-11-20(23(24)17-25(28)29)10-12-22(31-26-7-3-4-14-30-26)16-18-8-9-19-5-1-2-6-21(19)15-18/h1-2,5-6,8-9,15,20,22-24,26-27H,3-4,7,11,13-14,16-17H2,(H,28,29). The molecule has 5 unspecified atom stereocenters. The minimum atomic E-state index is -0.891. The van der Waals surface area contributed by atoms with Crippen LogP contribution in [-0.2, 0) is 20.7 Å². The van der Waals surface area contributed by atoms with E-state index in [4.69, 9.17) is 9.47 Å². The quantitative estimate of drug-likeness (QED) is 0.684. The molecule has 2 aliphatic rings. The van der Waals surface area contributed by atoms with E-state index in [0.29, 0.717) is 19.4 Å². The summed E-state index contributed by atoms with van der Waals surface area (Å²) in [5, 5.41) is 21.7. The molecule has 1 aliphatic heterocycles. The molecule has 1 saturated heterocycles. The predicted molar refractivity (Wildman–Crippen MR) is 118 cm³/mol. The van der Waals surface area contributed by atoms with Crippen LogP contribution in [0.5, 0.6) is 0 Å². The maximum atomic E-state index is 11.2. The summed E-state index contributed by atoms with van der Waals surface area (Å²) in [4.78, 5) is 11.2. The zero-order valence-corrected chi connectivity index (χ0v) is 17.7. The van der Waals surface area contributed by atoms with Crippen LogP contribution < -0.4 is 0 Å². The first kappa shape index (κ1) is 21.8. The van der Waals surface area contributed by atoms with Crippen molar-refractivity contribution >= 4 is 16.7 Å². The number of rotatable bonds is 6. The van der Waals surface area contributed by atoms with Crippen LogP contribution in [0.4, 0.5) is 0 Å². The Hall–Kier alpha value is -2.39. The second-order valence-electron chi connectivity index (χ2n) is 8.61. The molecule has 1 aliphatic carbocycles. The Labute approximate surface area is 183 Å². The number of hydrogen-bond donors (Lipinski definition) is 2. The van der Waals surface area contributed by atoms with Crippen molar-refractivity contribution in [2.24, 2.45) is 11.8 Å². The molecule has 5 nitrogen and oxygen atoms in total. The van der Waals surface area contributed by atoms with Gasteiger partial charge >= 0.3 is 5.97 Å². The van der Waals surface area contributed by atoms with Gasteiger partial charge in [0.15, 0.2) is 6.29 Å². The van der Waals surface area contributed by atoms with Gasteiger partial charge in [-0.3, -0.25) is 4.79 Å². The molecule has 0 radical (unpaired) electrons. The van der Waals surface area contributed by atoms with Gasteiger partial charge in [0.05, 0.1) is 12.5 Å². The molecule has 2 N–H and O–H groups in total. The third-order valence-electron chi connectivity index (χ3n) is 6.31. The molecule has 5 atom stereocenters. The molecule has 31 heavy (non-hydrogen) atoms. The van der Waals surface area contributed by atoms with Gasteiger partial charge in [-0.25, -0.2) is 0 Å². The van der Waals surface area contributed by atoms with E-state index in [1.165, 1.54) is 10.8 Å². The number of carbonyl (C=O) groups is 1. The van der Waals surface area contributed by atoms with E-state index in [1.807, 2.05) is 12.1 Å². The lowest BCUT2D eigenvalue weighted by atomic mass is 9.91.